The monoisotopic (exact) mass is 374 g/mol. The maximum Gasteiger partial charge on any atom is 0.314 e. The molecule has 0 unspecified atom stereocenters. The zero-order valence-corrected chi connectivity index (χ0v) is 15.9. The van der Waals surface area contributed by atoms with Crippen LogP contribution in [0, 0.1) is 0 Å². The van der Waals surface area contributed by atoms with Crippen molar-refractivity contribution in [3.05, 3.63) is 58.6 Å². The third-order valence-electron chi connectivity index (χ3n) is 3.73. The highest BCUT2D eigenvalue weighted by Crippen LogP contribution is 2.25. The molecule has 0 aliphatic heterocycles. The van der Waals surface area contributed by atoms with E-state index >= 15 is 0 Å². The predicted octanol–water partition coefficient (Wildman–Crippen LogP) is 4.52. The molecular formula is C19H19ClN2O2S. The predicted molar refractivity (Wildman–Crippen MR) is 105 cm³/mol. The molecule has 0 aliphatic rings. The number of carbonyl (C=O) groups is 2. The number of nitrogens with zero attached hydrogens (tertiary/aromatic N) is 2. The van der Waals surface area contributed by atoms with Crippen LogP contribution in [0.25, 0.3) is 11.1 Å². The van der Waals surface area contributed by atoms with Crippen LogP contribution in [0.2, 0.25) is 5.02 Å². The van der Waals surface area contributed by atoms with E-state index in [0.29, 0.717) is 17.0 Å². The van der Waals surface area contributed by atoms with Crippen LogP contribution < -0.4 is 0 Å². The molecule has 0 radical (unpaired) electrons. The number of aryl methyl sites for hydroxylation is 1. The minimum atomic E-state index is -0.659. The molecule has 0 bridgehead atoms. The molecule has 0 saturated carbocycles. The van der Waals surface area contributed by atoms with E-state index < -0.39 is 11.7 Å². The van der Waals surface area contributed by atoms with Gasteiger partial charge in [-0.25, -0.2) is 5.01 Å². The number of hydrogen-bond acceptors (Lipinski definition) is 4. The first kappa shape index (κ1) is 19.2. The number of ketones is 1. The van der Waals surface area contributed by atoms with E-state index in [1.54, 1.807) is 18.2 Å². The maximum atomic E-state index is 12.7. The van der Waals surface area contributed by atoms with Crippen LogP contribution in [0.4, 0.5) is 0 Å². The Morgan fingerprint density at radius 1 is 1.16 bits per heavy atom. The molecule has 25 heavy (non-hydrogen) atoms. The summed E-state index contributed by atoms with van der Waals surface area (Å²) in [6, 6.07) is 12.9. The van der Waals surface area contributed by atoms with Gasteiger partial charge in [-0.1, -0.05) is 42.8 Å². The summed E-state index contributed by atoms with van der Waals surface area (Å²) < 4.78 is 0. The lowest BCUT2D eigenvalue weighted by Gasteiger charge is -2.13. The van der Waals surface area contributed by atoms with Crippen LogP contribution in [-0.2, 0) is 11.2 Å². The molecule has 0 N–H and O–H groups in total. The van der Waals surface area contributed by atoms with Gasteiger partial charge in [0, 0.05) is 17.6 Å². The molecule has 0 aromatic heterocycles. The highest BCUT2D eigenvalue weighted by atomic mass is 35.5. The molecule has 6 heteroatoms. The molecular weight excluding hydrogens is 356 g/mol. The summed E-state index contributed by atoms with van der Waals surface area (Å²) in [7, 11) is 1.47. The van der Waals surface area contributed by atoms with Crippen molar-refractivity contribution >= 4 is 40.6 Å². The molecule has 0 spiro atoms. The van der Waals surface area contributed by atoms with Gasteiger partial charge in [-0.2, -0.15) is 5.10 Å². The first-order valence-electron chi connectivity index (χ1n) is 7.74. The van der Waals surface area contributed by atoms with Gasteiger partial charge in [-0.3, -0.25) is 9.59 Å². The van der Waals surface area contributed by atoms with Gasteiger partial charge in [0.05, 0.1) is 5.55 Å². The lowest BCUT2D eigenvalue weighted by Crippen LogP contribution is -2.30. The summed E-state index contributed by atoms with van der Waals surface area (Å²) in [6.07, 6.45) is 2.49. The molecule has 2 aromatic rings. The molecule has 2 rings (SSSR count). The summed E-state index contributed by atoms with van der Waals surface area (Å²) in [5, 5.41) is 5.63. The van der Waals surface area contributed by atoms with Crippen LogP contribution in [0.3, 0.4) is 0 Å². The van der Waals surface area contributed by atoms with Crippen molar-refractivity contribution in [2.24, 2.45) is 5.10 Å². The Labute approximate surface area is 156 Å². The van der Waals surface area contributed by atoms with E-state index in [1.165, 1.54) is 24.4 Å². The average Bonchev–Trinajstić information content (AvgIpc) is 2.65. The standard InChI is InChI=1S/C19H19ClN2O2S/c1-4-13-5-6-15(14-7-9-16(20)10-8-14)11-17(13)18(23)19(24)22(2)21-12-25-3/h5-12H,4H2,1-3H3/b21-12-. The fraction of sp³-hybridized carbons (Fsp3) is 0.211. The second-order valence-corrected chi connectivity index (χ2v) is 6.47. The molecule has 1 amide bonds. The zero-order valence-electron chi connectivity index (χ0n) is 14.3. The summed E-state index contributed by atoms with van der Waals surface area (Å²) >= 11 is 7.28. The summed E-state index contributed by atoms with van der Waals surface area (Å²) in [6.45, 7) is 1.95. The van der Waals surface area contributed by atoms with Gasteiger partial charge in [0.25, 0.3) is 5.78 Å². The fourth-order valence-electron chi connectivity index (χ4n) is 2.35. The van der Waals surface area contributed by atoms with Gasteiger partial charge >= 0.3 is 5.91 Å². The summed E-state index contributed by atoms with van der Waals surface area (Å²) in [4.78, 5) is 25.0. The lowest BCUT2D eigenvalue weighted by molar-refractivity contribution is -0.125. The first-order valence-corrected chi connectivity index (χ1v) is 9.41. The van der Waals surface area contributed by atoms with Crippen LogP contribution >= 0.6 is 23.4 Å². The molecule has 0 fully saturated rings. The Morgan fingerprint density at radius 3 is 2.40 bits per heavy atom. The topological polar surface area (TPSA) is 49.7 Å². The number of carbonyl (C=O) groups excluding carboxylic acids is 2. The first-order chi connectivity index (χ1) is 12.0. The Balaban J connectivity index is 2.39. The van der Waals surface area contributed by atoms with Crippen molar-refractivity contribution in [3.8, 4) is 11.1 Å². The van der Waals surface area contributed by atoms with E-state index in [0.717, 1.165) is 21.7 Å². The average molecular weight is 375 g/mol. The van der Waals surface area contributed by atoms with Crippen LogP contribution in [0.5, 0.6) is 0 Å². The fourth-order valence-corrected chi connectivity index (χ4v) is 2.71. The molecule has 0 atom stereocenters. The van der Waals surface area contributed by atoms with Gasteiger partial charge in [0.1, 0.15) is 0 Å². The lowest BCUT2D eigenvalue weighted by atomic mass is 9.95. The second-order valence-electron chi connectivity index (χ2n) is 5.35. The number of hydrazone groups is 1. The Morgan fingerprint density at radius 2 is 1.80 bits per heavy atom. The number of Topliss-reactive ketones (excluding diaryl/α,β-unsaturated/α-hetero) is 1. The normalized spacial score (nSPS) is 10.9. The Bertz CT molecular complexity index is 804. The zero-order chi connectivity index (χ0) is 18.4. The van der Waals surface area contributed by atoms with Gasteiger partial charge in [0.2, 0.25) is 0 Å². The number of thioether (sulfide) groups is 1. The van der Waals surface area contributed by atoms with E-state index in [9.17, 15) is 9.59 Å². The van der Waals surface area contributed by atoms with Crippen molar-refractivity contribution < 1.29 is 9.59 Å². The Hall–Kier alpha value is -2.11. The van der Waals surface area contributed by atoms with Crippen molar-refractivity contribution in [3.63, 3.8) is 0 Å². The van der Waals surface area contributed by atoms with Gasteiger partial charge in [-0.05, 0) is 47.6 Å². The van der Waals surface area contributed by atoms with E-state index in [-0.39, 0.29) is 0 Å². The van der Waals surface area contributed by atoms with Crippen LogP contribution in [-0.4, -0.2) is 35.5 Å². The van der Waals surface area contributed by atoms with Crippen molar-refractivity contribution in [2.45, 2.75) is 13.3 Å². The third kappa shape index (κ3) is 4.71. The van der Waals surface area contributed by atoms with Gasteiger partial charge in [0.15, 0.2) is 0 Å². The SMILES string of the molecule is CCc1ccc(-c2ccc(Cl)cc2)cc1C(=O)C(=O)N(C)/N=C\SC. The quantitative estimate of drug-likeness (QED) is 0.245. The van der Waals surface area contributed by atoms with Crippen LogP contribution in [0.1, 0.15) is 22.8 Å². The highest BCUT2D eigenvalue weighted by molar-refractivity contribution is 8.11. The molecule has 0 aliphatic carbocycles. The van der Waals surface area contributed by atoms with Gasteiger partial charge in [-0.15, -0.1) is 11.8 Å². The number of rotatable bonds is 6. The highest BCUT2D eigenvalue weighted by Gasteiger charge is 2.23. The number of benzene rings is 2. The molecule has 130 valence electrons. The summed E-state index contributed by atoms with van der Waals surface area (Å²) in [5.41, 5.74) is 4.54. The van der Waals surface area contributed by atoms with Crippen molar-refractivity contribution in [1.29, 1.82) is 0 Å². The van der Waals surface area contributed by atoms with Crippen LogP contribution in [0.15, 0.2) is 47.6 Å². The largest absolute Gasteiger partial charge is 0.314 e. The number of likely N-dealkylation sites (N-methyl/N-ethyl adjacent to an activating group) is 1. The minimum absolute atomic E-state index is 0.408. The van der Waals surface area contributed by atoms with Crippen molar-refractivity contribution in [1.82, 2.24) is 5.01 Å². The molecule has 0 saturated heterocycles. The number of amides is 1. The number of hydrogen-bond donors (Lipinski definition) is 0. The number of halogens is 1. The van der Waals surface area contributed by atoms with Crippen molar-refractivity contribution in [2.75, 3.05) is 13.3 Å². The molecule has 2 aromatic carbocycles. The van der Waals surface area contributed by atoms with Gasteiger partial charge < -0.3 is 0 Å². The van der Waals surface area contributed by atoms with E-state index in [2.05, 4.69) is 5.10 Å². The van der Waals surface area contributed by atoms with E-state index in [4.69, 9.17) is 11.6 Å². The van der Waals surface area contributed by atoms with E-state index in [1.807, 2.05) is 37.4 Å². The third-order valence-corrected chi connectivity index (χ3v) is 4.28. The Kier molecular flexibility index (Phi) is 6.79. The summed E-state index contributed by atoms with van der Waals surface area (Å²) in [5.74, 6) is -1.22. The second kappa shape index (κ2) is 8.83. The molecule has 4 nitrogen and oxygen atoms in total. The minimum Gasteiger partial charge on any atom is -0.283 e. The maximum absolute atomic E-state index is 12.7. The smallest absolute Gasteiger partial charge is 0.283 e. The molecule has 0 heterocycles.